The molecule has 0 amide bonds. The number of hydrogen-bond acceptors (Lipinski definition) is 8. The Kier molecular flexibility index (Phi) is 7.96. The predicted octanol–water partition coefficient (Wildman–Crippen LogP) is 1.50. The lowest BCUT2D eigenvalue weighted by Crippen LogP contribution is -2.30. The second kappa shape index (κ2) is 9.79. The number of nitrogens with one attached hydrogen (secondary N) is 2. The minimum atomic E-state index is -3.52. The summed E-state index contributed by atoms with van der Waals surface area (Å²) >= 11 is 0.981. The second-order valence-corrected chi connectivity index (χ2v) is 11.3. The third kappa shape index (κ3) is 6.52. The molecule has 0 bridgehead atoms. The molecule has 28 heavy (non-hydrogen) atoms. The lowest BCUT2D eigenvalue weighted by Gasteiger charge is -2.11. The van der Waals surface area contributed by atoms with E-state index < -0.39 is 25.1 Å². The molecular formula is C17H25N3O5S3. The molecule has 2 aliphatic rings. The highest BCUT2D eigenvalue weighted by Crippen LogP contribution is 2.35. The number of phenolic OH excluding ortho intramolecular Hbond substituents is 1. The van der Waals surface area contributed by atoms with E-state index in [4.69, 9.17) is 5.14 Å². The molecule has 2 heterocycles. The van der Waals surface area contributed by atoms with Crippen LogP contribution in [-0.4, -0.2) is 40.3 Å². The maximum atomic E-state index is 12.1. The van der Waals surface area contributed by atoms with Gasteiger partial charge in [-0.25, -0.2) is 22.0 Å². The molecule has 0 radical (unpaired) electrons. The van der Waals surface area contributed by atoms with Crippen LogP contribution in [0.3, 0.4) is 0 Å². The van der Waals surface area contributed by atoms with Gasteiger partial charge in [0.25, 0.3) is 0 Å². The lowest BCUT2D eigenvalue weighted by molar-refractivity contribution is 0.473. The van der Waals surface area contributed by atoms with Gasteiger partial charge in [0, 0.05) is 12.2 Å². The molecule has 2 aliphatic heterocycles. The summed E-state index contributed by atoms with van der Waals surface area (Å²) in [6.07, 6.45) is 6.23. The van der Waals surface area contributed by atoms with Crippen molar-refractivity contribution >= 4 is 31.8 Å². The first-order chi connectivity index (χ1) is 13.1. The average Bonchev–Trinajstić information content (AvgIpc) is 2.95. The van der Waals surface area contributed by atoms with E-state index in [0.717, 1.165) is 24.9 Å². The molecule has 8 nitrogen and oxygen atoms in total. The molecule has 0 aromatic heterocycles. The van der Waals surface area contributed by atoms with Gasteiger partial charge >= 0.3 is 0 Å². The highest BCUT2D eigenvalue weighted by molar-refractivity contribution is 8.17. The number of rotatable bonds is 5. The van der Waals surface area contributed by atoms with E-state index in [2.05, 4.69) is 17.0 Å². The number of nitrogens with two attached hydrogens (primary N) is 1. The predicted molar refractivity (Wildman–Crippen MR) is 112 cm³/mol. The van der Waals surface area contributed by atoms with Crippen molar-refractivity contribution in [2.75, 3.05) is 12.3 Å². The summed E-state index contributed by atoms with van der Waals surface area (Å²) < 4.78 is 48.2. The van der Waals surface area contributed by atoms with Gasteiger partial charge in [0.05, 0.1) is 11.0 Å². The van der Waals surface area contributed by atoms with Crippen LogP contribution >= 0.6 is 11.9 Å². The zero-order chi connectivity index (χ0) is 20.8. The number of sulfone groups is 1. The summed E-state index contributed by atoms with van der Waals surface area (Å²) in [6, 6.07) is 6.58. The molecule has 0 saturated carbocycles. The molecule has 11 heteroatoms. The molecule has 1 fully saturated rings. The van der Waals surface area contributed by atoms with E-state index in [9.17, 15) is 21.9 Å². The van der Waals surface area contributed by atoms with Gasteiger partial charge in [-0.3, -0.25) is 0 Å². The fourth-order valence-electron chi connectivity index (χ4n) is 2.87. The zero-order valence-corrected chi connectivity index (χ0v) is 17.9. The Morgan fingerprint density at radius 1 is 1.39 bits per heavy atom. The Hall–Kier alpha value is -1.53. The molecule has 156 valence electrons. The van der Waals surface area contributed by atoms with Crippen LogP contribution in [-0.2, 0) is 19.9 Å². The van der Waals surface area contributed by atoms with Crippen LogP contribution in [0.5, 0.6) is 5.75 Å². The normalized spacial score (nSPS) is 23.3. The Morgan fingerprint density at radius 2 is 2.14 bits per heavy atom. The van der Waals surface area contributed by atoms with Gasteiger partial charge in [-0.2, -0.15) is 0 Å². The van der Waals surface area contributed by atoms with Crippen LogP contribution in [0.4, 0.5) is 0 Å². The number of aromatic hydroxyl groups is 1. The number of benzene rings is 1. The van der Waals surface area contributed by atoms with Crippen LogP contribution in [0, 0.1) is 0 Å². The van der Waals surface area contributed by atoms with Gasteiger partial charge in [0.2, 0.25) is 10.0 Å². The summed E-state index contributed by atoms with van der Waals surface area (Å²) in [4.78, 5) is 0. The summed E-state index contributed by atoms with van der Waals surface area (Å²) in [7, 11) is -6.63. The number of primary sulfonamides is 1. The Morgan fingerprint density at radius 3 is 2.68 bits per heavy atom. The van der Waals surface area contributed by atoms with Crippen molar-refractivity contribution in [3.63, 3.8) is 0 Å². The van der Waals surface area contributed by atoms with E-state index in [1.165, 1.54) is 6.08 Å². The minimum absolute atomic E-state index is 0.0299. The van der Waals surface area contributed by atoms with E-state index in [1.54, 1.807) is 36.5 Å². The van der Waals surface area contributed by atoms with Gasteiger partial charge in [-0.1, -0.05) is 19.1 Å². The first kappa shape index (κ1) is 22.8. The molecule has 0 aliphatic carbocycles. The lowest BCUT2D eigenvalue weighted by atomic mass is 10.1. The SMILES string of the molecule is CCCNC1C[C@H](c2cccc(O)c2)S(=O)(=O)C1.NS(=O)(=O)C1=CC=CNS1. The van der Waals surface area contributed by atoms with Crippen LogP contribution in [0.2, 0.25) is 0 Å². The fraction of sp³-hybridized carbons (Fsp3) is 0.412. The Bertz CT molecular complexity index is 943. The smallest absolute Gasteiger partial charge is 0.245 e. The second-order valence-electron chi connectivity index (χ2n) is 6.41. The third-order valence-corrected chi connectivity index (χ3v) is 8.56. The van der Waals surface area contributed by atoms with Gasteiger partial charge in [-0.05, 0) is 61.2 Å². The first-order valence-corrected chi connectivity index (χ1v) is 12.8. The molecule has 1 aromatic rings. The summed E-state index contributed by atoms with van der Waals surface area (Å²) in [5, 5.41) is 17.0. The van der Waals surface area contributed by atoms with Crippen molar-refractivity contribution in [3.05, 3.63) is 52.4 Å². The number of sulfonamides is 1. The number of hydrogen-bond donors (Lipinski definition) is 4. The van der Waals surface area contributed by atoms with Gasteiger partial charge in [-0.15, -0.1) is 0 Å². The molecule has 3 rings (SSSR count). The fourth-order valence-corrected chi connectivity index (χ4v) is 6.29. The van der Waals surface area contributed by atoms with E-state index in [0.29, 0.717) is 12.0 Å². The van der Waals surface area contributed by atoms with Crippen molar-refractivity contribution in [2.24, 2.45) is 5.14 Å². The van der Waals surface area contributed by atoms with Crippen LogP contribution in [0.1, 0.15) is 30.6 Å². The van der Waals surface area contributed by atoms with E-state index in [-0.39, 0.29) is 21.8 Å². The van der Waals surface area contributed by atoms with Crippen molar-refractivity contribution in [2.45, 2.75) is 31.1 Å². The number of phenols is 1. The minimum Gasteiger partial charge on any atom is -0.508 e. The molecule has 1 saturated heterocycles. The Balaban J connectivity index is 0.000000237. The van der Waals surface area contributed by atoms with Gasteiger partial charge in [0.1, 0.15) is 9.99 Å². The summed E-state index contributed by atoms with van der Waals surface area (Å²) in [6.45, 7) is 2.90. The van der Waals surface area contributed by atoms with Crippen LogP contribution in [0.15, 0.2) is 46.9 Å². The maximum Gasteiger partial charge on any atom is 0.245 e. The monoisotopic (exact) mass is 447 g/mol. The van der Waals surface area contributed by atoms with Crippen molar-refractivity contribution < 1.29 is 21.9 Å². The van der Waals surface area contributed by atoms with Crippen LogP contribution in [0.25, 0.3) is 0 Å². The van der Waals surface area contributed by atoms with Gasteiger partial charge < -0.3 is 15.1 Å². The zero-order valence-electron chi connectivity index (χ0n) is 15.4. The highest BCUT2D eigenvalue weighted by Gasteiger charge is 2.38. The molecule has 1 unspecified atom stereocenters. The summed E-state index contributed by atoms with van der Waals surface area (Å²) in [5.41, 5.74) is 0.691. The number of allylic oxidation sites excluding steroid dienone is 2. The van der Waals surface area contributed by atoms with Crippen molar-refractivity contribution in [1.82, 2.24) is 10.0 Å². The quantitative estimate of drug-likeness (QED) is 0.498. The Labute approximate surface area is 170 Å². The standard InChI is InChI=1S/C13H19NO3S.C4H6N2O2S2/c1-2-6-14-11-8-13(18(16,17)9-11)10-4-3-5-12(15)7-10;5-10(7,8)4-2-1-3-6-9-4/h3-5,7,11,13-15H,2,6,8-9H2,1H3;1-3,6H,(H2,5,7,8)/t11?,13-;/m1./s1. The first-order valence-electron chi connectivity index (χ1n) is 8.69. The van der Waals surface area contributed by atoms with Crippen LogP contribution < -0.4 is 15.2 Å². The van der Waals surface area contributed by atoms with E-state index in [1.807, 2.05) is 0 Å². The average molecular weight is 448 g/mol. The summed E-state index contributed by atoms with van der Waals surface area (Å²) in [5.74, 6) is 0.306. The third-order valence-electron chi connectivity index (χ3n) is 4.13. The molecule has 0 spiro atoms. The topological polar surface area (TPSA) is 139 Å². The largest absolute Gasteiger partial charge is 0.508 e. The maximum absolute atomic E-state index is 12.1. The molecule has 2 atom stereocenters. The van der Waals surface area contributed by atoms with E-state index >= 15 is 0 Å². The van der Waals surface area contributed by atoms with Crippen molar-refractivity contribution in [3.8, 4) is 5.75 Å². The van der Waals surface area contributed by atoms with Gasteiger partial charge in [0.15, 0.2) is 9.84 Å². The molecular weight excluding hydrogens is 422 g/mol. The molecule has 5 N–H and O–H groups in total. The molecule has 1 aromatic carbocycles. The van der Waals surface area contributed by atoms with Crippen molar-refractivity contribution in [1.29, 1.82) is 0 Å². The highest BCUT2D eigenvalue weighted by atomic mass is 32.3.